The van der Waals surface area contributed by atoms with E-state index in [1.807, 2.05) is 70.5 Å². The van der Waals surface area contributed by atoms with Gasteiger partial charge in [-0.05, 0) is 48.9 Å². The van der Waals surface area contributed by atoms with Gasteiger partial charge in [0.2, 0.25) is 5.91 Å². The third kappa shape index (κ3) is 5.61. The van der Waals surface area contributed by atoms with E-state index in [1.165, 1.54) is 0 Å². The molecule has 6 nitrogen and oxygen atoms in total. The molecule has 0 bridgehead atoms. The maximum absolute atomic E-state index is 12.9. The minimum absolute atomic E-state index is 0.0160. The molecule has 2 saturated heterocycles. The van der Waals surface area contributed by atoms with Crippen LogP contribution in [-0.2, 0) is 9.59 Å². The van der Waals surface area contributed by atoms with Crippen LogP contribution in [0.4, 0.5) is 0 Å². The van der Waals surface area contributed by atoms with Crippen LogP contribution >= 0.6 is 0 Å². The molecule has 0 aliphatic carbocycles. The molecule has 0 spiro atoms. The van der Waals surface area contributed by atoms with Gasteiger partial charge in [-0.25, -0.2) is 0 Å². The lowest BCUT2D eigenvalue weighted by Crippen LogP contribution is -2.41. The van der Waals surface area contributed by atoms with Gasteiger partial charge in [0, 0.05) is 39.0 Å². The Morgan fingerprint density at radius 3 is 2.03 bits per heavy atom. The fourth-order valence-electron chi connectivity index (χ4n) is 4.93. The topological polar surface area (TPSA) is 59.1 Å². The van der Waals surface area contributed by atoms with E-state index in [4.69, 9.17) is 9.47 Å². The van der Waals surface area contributed by atoms with Crippen LogP contribution < -0.4 is 9.47 Å². The van der Waals surface area contributed by atoms with E-state index in [-0.39, 0.29) is 24.3 Å². The minimum Gasteiger partial charge on any atom is -0.493 e. The zero-order valence-electron chi connectivity index (χ0n) is 18.7. The van der Waals surface area contributed by atoms with Crippen molar-refractivity contribution < 1.29 is 19.1 Å². The quantitative estimate of drug-likeness (QED) is 0.667. The fraction of sp³-hybridized carbons (Fsp3) is 0.462. The smallest absolute Gasteiger partial charge is 0.260 e. The molecule has 4 rings (SSSR count). The summed E-state index contributed by atoms with van der Waals surface area (Å²) in [4.78, 5) is 28.5. The van der Waals surface area contributed by atoms with E-state index < -0.39 is 0 Å². The Bertz CT molecular complexity index is 881. The largest absolute Gasteiger partial charge is 0.493 e. The summed E-state index contributed by atoms with van der Waals surface area (Å²) in [7, 11) is 0. The van der Waals surface area contributed by atoms with E-state index in [0.29, 0.717) is 30.7 Å². The van der Waals surface area contributed by atoms with Crippen LogP contribution in [0.5, 0.6) is 11.5 Å². The first-order valence-corrected chi connectivity index (χ1v) is 11.5. The molecule has 2 aromatic carbocycles. The Hall–Kier alpha value is -3.02. The SMILES string of the molecule is CC(=O)N1CCC([C@@H]2CN(C(=O)COc3ccccc3)C[C@H]2COc2ccccc2)CC1. The first kappa shape index (κ1) is 22.2. The van der Waals surface area contributed by atoms with Crippen molar-refractivity contribution in [2.75, 3.05) is 39.4 Å². The highest BCUT2D eigenvalue weighted by Gasteiger charge is 2.41. The monoisotopic (exact) mass is 436 g/mol. The van der Waals surface area contributed by atoms with Crippen LogP contribution in [0, 0.1) is 17.8 Å². The number of carbonyl (C=O) groups is 2. The number of ether oxygens (including phenoxy) is 2. The summed E-state index contributed by atoms with van der Waals surface area (Å²) in [6, 6.07) is 19.3. The molecule has 0 aromatic heterocycles. The van der Waals surface area contributed by atoms with Crippen LogP contribution in [0.25, 0.3) is 0 Å². The summed E-state index contributed by atoms with van der Waals surface area (Å²) in [6.45, 7) is 5.28. The second kappa shape index (κ2) is 10.5. The average molecular weight is 437 g/mol. The predicted octanol–water partition coefficient (Wildman–Crippen LogP) is 3.48. The highest BCUT2D eigenvalue weighted by Crippen LogP contribution is 2.36. The van der Waals surface area contributed by atoms with Gasteiger partial charge in [-0.2, -0.15) is 0 Å². The number of rotatable bonds is 7. The second-order valence-corrected chi connectivity index (χ2v) is 8.79. The van der Waals surface area contributed by atoms with E-state index in [0.717, 1.165) is 38.2 Å². The number of benzene rings is 2. The number of likely N-dealkylation sites (tertiary alicyclic amines) is 2. The maximum atomic E-state index is 12.9. The van der Waals surface area contributed by atoms with Crippen molar-refractivity contribution >= 4 is 11.8 Å². The molecule has 6 heteroatoms. The summed E-state index contributed by atoms with van der Waals surface area (Å²) in [5.74, 6) is 2.85. The Balaban J connectivity index is 1.38. The first-order valence-electron chi connectivity index (χ1n) is 11.5. The van der Waals surface area contributed by atoms with Crippen molar-refractivity contribution in [2.24, 2.45) is 17.8 Å². The van der Waals surface area contributed by atoms with Gasteiger partial charge in [-0.3, -0.25) is 9.59 Å². The number of hydrogen-bond donors (Lipinski definition) is 0. The molecule has 2 amide bonds. The molecule has 0 saturated carbocycles. The molecule has 0 N–H and O–H groups in total. The molecule has 2 aliphatic rings. The first-order chi connectivity index (χ1) is 15.6. The van der Waals surface area contributed by atoms with E-state index >= 15 is 0 Å². The Kier molecular flexibility index (Phi) is 7.30. The molecule has 0 unspecified atom stereocenters. The van der Waals surface area contributed by atoms with Crippen LogP contribution in [0.3, 0.4) is 0 Å². The lowest BCUT2D eigenvalue weighted by atomic mass is 9.78. The van der Waals surface area contributed by atoms with Crippen LogP contribution in [0.2, 0.25) is 0 Å². The summed E-state index contributed by atoms with van der Waals surface area (Å²) in [6.07, 6.45) is 1.96. The lowest BCUT2D eigenvalue weighted by Gasteiger charge is -2.36. The fourth-order valence-corrected chi connectivity index (χ4v) is 4.93. The normalized spacial score (nSPS) is 21.4. The van der Waals surface area contributed by atoms with Gasteiger partial charge in [0.05, 0.1) is 6.61 Å². The van der Waals surface area contributed by atoms with Crippen molar-refractivity contribution in [2.45, 2.75) is 19.8 Å². The van der Waals surface area contributed by atoms with E-state index in [1.54, 1.807) is 6.92 Å². The summed E-state index contributed by atoms with van der Waals surface area (Å²) < 4.78 is 11.8. The lowest BCUT2D eigenvalue weighted by molar-refractivity contribution is -0.132. The predicted molar refractivity (Wildman–Crippen MR) is 122 cm³/mol. The van der Waals surface area contributed by atoms with Crippen molar-refractivity contribution in [1.29, 1.82) is 0 Å². The molecule has 2 aromatic rings. The summed E-state index contributed by atoms with van der Waals surface area (Å²) in [5, 5.41) is 0. The zero-order chi connectivity index (χ0) is 22.3. The summed E-state index contributed by atoms with van der Waals surface area (Å²) in [5.41, 5.74) is 0. The zero-order valence-corrected chi connectivity index (χ0v) is 18.7. The minimum atomic E-state index is 0.0160. The molecule has 32 heavy (non-hydrogen) atoms. The van der Waals surface area contributed by atoms with E-state index in [9.17, 15) is 9.59 Å². The average Bonchev–Trinajstić information content (AvgIpc) is 3.27. The van der Waals surface area contributed by atoms with Gasteiger partial charge < -0.3 is 19.3 Å². The molecule has 0 radical (unpaired) electrons. The van der Waals surface area contributed by atoms with Crippen molar-refractivity contribution in [1.82, 2.24) is 9.80 Å². The molecule has 2 fully saturated rings. The highest BCUT2D eigenvalue weighted by atomic mass is 16.5. The molecule has 2 aliphatic heterocycles. The van der Waals surface area contributed by atoms with Gasteiger partial charge in [0.25, 0.3) is 5.91 Å². The van der Waals surface area contributed by atoms with Crippen LogP contribution in [-0.4, -0.2) is 61.0 Å². The number of para-hydroxylation sites is 2. The molecule has 170 valence electrons. The number of nitrogens with zero attached hydrogens (tertiary/aromatic N) is 2. The number of amides is 2. The Labute approximate surface area is 190 Å². The molecular weight excluding hydrogens is 404 g/mol. The standard InChI is InChI=1S/C26H32N2O4/c1-20(29)27-14-12-21(13-15-27)25-17-28(26(30)19-32-24-10-6-3-7-11-24)16-22(25)18-31-23-8-4-2-5-9-23/h2-11,21-22,25H,12-19H2,1H3/t22-,25-/m0/s1. The second-order valence-electron chi connectivity index (χ2n) is 8.79. The summed E-state index contributed by atoms with van der Waals surface area (Å²) >= 11 is 0. The van der Waals surface area contributed by atoms with Gasteiger partial charge in [-0.15, -0.1) is 0 Å². The van der Waals surface area contributed by atoms with E-state index in [2.05, 4.69) is 0 Å². The van der Waals surface area contributed by atoms with Gasteiger partial charge in [0.15, 0.2) is 6.61 Å². The van der Waals surface area contributed by atoms with Crippen LogP contribution in [0.15, 0.2) is 60.7 Å². The third-order valence-corrected chi connectivity index (χ3v) is 6.75. The van der Waals surface area contributed by atoms with Gasteiger partial charge in [0.1, 0.15) is 11.5 Å². The molecule has 2 atom stereocenters. The van der Waals surface area contributed by atoms with Gasteiger partial charge in [-0.1, -0.05) is 36.4 Å². The van der Waals surface area contributed by atoms with Crippen molar-refractivity contribution in [3.05, 3.63) is 60.7 Å². The number of carbonyl (C=O) groups excluding carboxylic acids is 2. The van der Waals surface area contributed by atoms with Crippen molar-refractivity contribution in [3.63, 3.8) is 0 Å². The number of hydrogen-bond acceptors (Lipinski definition) is 4. The Morgan fingerprint density at radius 2 is 1.44 bits per heavy atom. The molecule has 2 heterocycles. The van der Waals surface area contributed by atoms with Gasteiger partial charge >= 0.3 is 0 Å². The Morgan fingerprint density at radius 1 is 0.844 bits per heavy atom. The van der Waals surface area contributed by atoms with Crippen LogP contribution in [0.1, 0.15) is 19.8 Å². The highest BCUT2D eigenvalue weighted by molar-refractivity contribution is 5.78. The third-order valence-electron chi connectivity index (χ3n) is 6.75. The van der Waals surface area contributed by atoms with Crippen molar-refractivity contribution in [3.8, 4) is 11.5 Å². The number of piperidine rings is 1. The maximum Gasteiger partial charge on any atom is 0.260 e. The molecular formula is C26H32N2O4.